The van der Waals surface area contributed by atoms with Crippen molar-refractivity contribution in [3.63, 3.8) is 0 Å². The average Bonchev–Trinajstić information content (AvgIpc) is 2.73. The molecule has 1 aromatic rings. The predicted molar refractivity (Wildman–Crippen MR) is 60.4 cm³/mol. The summed E-state index contributed by atoms with van der Waals surface area (Å²) in [6.07, 6.45) is 1.15. The standard InChI is InChI=1S/C12H15ClFN/c1-12(2)6-11(12)15-7-8-9(13)4-3-5-10(8)14/h3-5,11,15H,6-7H2,1-2H3. The van der Waals surface area contributed by atoms with Gasteiger partial charge >= 0.3 is 0 Å². The molecule has 15 heavy (non-hydrogen) atoms. The molecule has 1 aliphatic rings. The van der Waals surface area contributed by atoms with Gasteiger partial charge in [0.15, 0.2) is 0 Å². The zero-order chi connectivity index (χ0) is 11.1. The van der Waals surface area contributed by atoms with E-state index in [2.05, 4.69) is 19.2 Å². The van der Waals surface area contributed by atoms with Gasteiger partial charge in [0.1, 0.15) is 5.82 Å². The molecule has 1 nitrogen and oxygen atoms in total. The van der Waals surface area contributed by atoms with Crippen LogP contribution in [0.25, 0.3) is 0 Å². The Morgan fingerprint density at radius 1 is 1.53 bits per heavy atom. The van der Waals surface area contributed by atoms with Gasteiger partial charge in [-0.05, 0) is 24.0 Å². The lowest BCUT2D eigenvalue weighted by molar-refractivity contribution is 0.528. The molecule has 82 valence electrons. The lowest BCUT2D eigenvalue weighted by atomic mass is 10.1. The molecule has 1 saturated carbocycles. The van der Waals surface area contributed by atoms with Crippen molar-refractivity contribution >= 4 is 11.6 Å². The maximum Gasteiger partial charge on any atom is 0.129 e. The minimum Gasteiger partial charge on any atom is -0.309 e. The van der Waals surface area contributed by atoms with Crippen LogP contribution in [0, 0.1) is 11.2 Å². The van der Waals surface area contributed by atoms with Crippen LogP contribution in [0.3, 0.4) is 0 Å². The van der Waals surface area contributed by atoms with Gasteiger partial charge in [-0.15, -0.1) is 0 Å². The Morgan fingerprint density at radius 3 is 2.73 bits per heavy atom. The molecule has 0 radical (unpaired) electrons. The zero-order valence-electron chi connectivity index (χ0n) is 8.98. The largest absolute Gasteiger partial charge is 0.309 e. The van der Waals surface area contributed by atoms with Crippen molar-refractivity contribution in [2.24, 2.45) is 5.41 Å². The fourth-order valence-corrected chi connectivity index (χ4v) is 1.97. The first-order valence-electron chi connectivity index (χ1n) is 5.17. The zero-order valence-corrected chi connectivity index (χ0v) is 9.74. The molecule has 0 bridgehead atoms. The number of rotatable bonds is 3. The topological polar surface area (TPSA) is 12.0 Å². The van der Waals surface area contributed by atoms with Crippen LogP contribution in [0.1, 0.15) is 25.8 Å². The Labute approximate surface area is 94.6 Å². The van der Waals surface area contributed by atoms with Gasteiger partial charge in [0.25, 0.3) is 0 Å². The van der Waals surface area contributed by atoms with Crippen LogP contribution in [0.15, 0.2) is 18.2 Å². The Kier molecular flexibility index (Phi) is 2.73. The molecule has 0 amide bonds. The molecule has 0 spiro atoms. The molecule has 2 rings (SSSR count). The van der Waals surface area contributed by atoms with E-state index in [0.29, 0.717) is 28.6 Å². The van der Waals surface area contributed by atoms with E-state index in [1.807, 2.05) is 0 Å². The minimum absolute atomic E-state index is 0.228. The Morgan fingerprint density at radius 2 is 2.20 bits per heavy atom. The first-order chi connectivity index (χ1) is 7.00. The van der Waals surface area contributed by atoms with E-state index >= 15 is 0 Å². The van der Waals surface area contributed by atoms with Crippen molar-refractivity contribution in [2.75, 3.05) is 0 Å². The summed E-state index contributed by atoms with van der Waals surface area (Å²) in [5.74, 6) is -0.228. The van der Waals surface area contributed by atoms with Gasteiger partial charge in [-0.25, -0.2) is 4.39 Å². The van der Waals surface area contributed by atoms with Crippen molar-refractivity contribution in [1.82, 2.24) is 5.32 Å². The average molecular weight is 228 g/mol. The summed E-state index contributed by atoms with van der Waals surface area (Å²) in [5, 5.41) is 3.82. The molecular formula is C12H15ClFN. The highest BCUT2D eigenvalue weighted by Gasteiger charge is 2.45. The summed E-state index contributed by atoms with van der Waals surface area (Å²) in [6, 6.07) is 5.29. The Bertz CT molecular complexity index is 356. The van der Waals surface area contributed by atoms with E-state index in [-0.39, 0.29) is 5.82 Å². The third-order valence-corrected chi connectivity index (χ3v) is 3.45. The lowest BCUT2D eigenvalue weighted by Crippen LogP contribution is -2.20. The molecule has 1 N–H and O–H groups in total. The van der Waals surface area contributed by atoms with Crippen LogP contribution in [-0.2, 0) is 6.54 Å². The summed E-state index contributed by atoms with van der Waals surface area (Å²) in [5.41, 5.74) is 0.930. The van der Waals surface area contributed by atoms with E-state index in [4.69, 9.17) is 11.6 Å². The molecule has 0 saturated heterocycles. The fourth-order valence-electron chi connectivity index (χ4n) is 1.74. The summed E-state index contributed by atoms with van der Waals surface area (Å²) < 4.78 is 13.4. The second-order valence-corrected chi connectivity index (χ2v) is 5.23. The monoisotopic (exact) mass is 227 g/mol. The highest BCUT2D eigenvalue weighted by Crippen LogP contribution is 2.44. The van der Waals surface area contributed by atoms with Crippen LogP contribution >= 0.6 is 11.6 Å². The minimum atomic E-state index is -0.228. The Balaban J connectivity index is 2.00. The maximum atomic E-state index is 13.4. The third-order valence-electron chi connectivity index (χ3n) is 3.10. The van der Waals surface area contributed by atoms with Crippen LogP contribution in [0.2, 0.25) is 5.02 Å². The number of benzene rings is 1. The van der Waals surface area contributed by atoms with Gasteiger partial charge in [-0.3, -0.25) is 0 Å². The number of hydrogen-bond acceptors (Lipinski definition) is 1. The van der Waals surface area contributed by atoms with Crippen molar-refractivity contribution in [3.05, 3.63) is 34.6 Å². The third kappa shape index (κ3) is 2.32. The molecule has 1 atom stereocenters. The molecule has 0 aliphatic heterocycles. The second-order valence-electron chi connectivity index (χ2n) is 4.83. The van der Waals surface area contributed by atoms with Crippen LogP contribution in [0.4, 0.5) is 4.39 Å². The molecule has 1 unspecified atom stereocenters. The first-order valence-corrected chi connectivity index (χ1v) is 5.55. The predicted octanol–water partition coefficient (Wildman–Crippen LogP) is 3.37. The van der Waals surface area contributed by atoms with E-state index < -0.39 is 0 Å². The van der Waals surface area contributed by atoms with Gasteiger partial charge < -0.3 is 5.32 Å². The highest BCUT2D eigenvalue weighted by atomic mass is 35.5. The Hall–Kier alpha value is -0.600. The maximum absolute atomic E-state index is 13.4. The number of halogens is 2. The SMILES string of the molecule is CC1(C)CC1NCc1c(F)cccc1Cl. The quantitative estimate of drug-likeness (QED) is 0.835. The molecule has 0 aromatic heterocycles. The fraction of sp³-hybridized carbons (Fsp3) is 0.500. The normalized spacial score (nSPS) is 22.8. The van der Waals surface area contributed by atoms with Crippen LogP contribution in [0.5, 0.6) is 0 Å². The van der Waals surface area contributed by atoms with Gasteiger partial charge in [0, 0.05) is 23.2 Å². The van der Waals surface area contributed by atoms with Crippen molar-refractivity contribution in [2.45, 2.75) is 32.9 Å². The van der Waals surface area contributed by atoms with E-state index in [9.17, 15) is 4.39 Å². The molecule has 0 heterocycles. The molecule has 3 heteroatoms. The van der Waals surface area contributed by atoms with Crippen LogP contribution in [-0.4, -0.2) is 6.04 Å². The highest BCUT2D eigenvalue weighted by molar-refractivity contribution is 6.31. The smallest absolute Gasteiger partial charge is 0.129 e. The van der Waals surface area contributed by atoms with Crippen molar-refractivity contribution in [1.29, 1.82) is 0 Å². The summed E-state index contributed by atoms with van der Waals surface area (Å²) >= 11 is 5.92. The number of hydrogen-bond donors (Lipinski definition) is 1. The summed E-state index contributed by atoms with van der Waals surface area (Å²) in [7, 11) is 0. The summed E-state index contributed by atoms with van der Waals surface area (Å²) in [6.45, 7) is 4.92. The summed E-state index contributed by atoms with van der Waals surface area (Å²) in [4.78, 5) is 0. The molecule has 1 aromatic carbocycles. The van der Waals surface area contributed by atoms with Crippen LogP contribution < -0.4 is 5.32 Å². The van der Waals surface area contributed by atoms with Crippen molar-refractivity contribution in [3.8, 4) is 0 Å². The molecule has 1 fully saturated rings. The van der Waals surface area contributed by atoms with E-state index in [1.54, 1.807) is 12.1 Å². The van der Waals surface area contributed by atoms with E-state index in [1.165, 1.54) is 6.07 Å². The van der Waals surface area contributed by atoms with Gasteiger partial charge in [0.05, 0.1) is 0 Å². The van der Waals surface area contributed by atoms with Gasteiger partial charge in [0.2, 0.25) is 0 Å². The van der Waals surface area contributed by atoms with Gasteiger partial charge in [-0.2, -0.15) is 0 Å². The van der Waals surface area contributed by atoms with Gasteiger partial charge in [-0.1, -0.05) is 31.5 Å². The second kappa shape index (κ2) is 3.76. The molecule has 1 aliphatic carbocycles. The number of nitrogens with one attached hydrogen (secondary N) is 1. The lowest BCUT2D eigenvalue weighted by Gasteiger charge is -2.08. The van der Waals surface area contributed by atoms with E-state index in [0.717, 1.165) is 6.42 Å². The first kappa shape index (κ1) is 10.9. The molecular weight excluding hydrogens is 213 g/mol. The van der Waals surface area contributed by atoms with Crippen molar-refractivity contribution < 1.29 is 4.39 Å².